The maximum absolute atomic E-state index is 12.8. The molecule has 0 bridgehead atoms. The van der Waals surface area contributed by atoms with Crippen molar-refractivity contribution in [3.05, 3.63) is 29.6 Å². The van der Waals surface area contributed by atoms with Crippen LogP contribution in [0.5, 0.6) is 5.75 Å². The van der Waals surface area contributed by atoms with Crippen molar-refractivity contribution >= 4 is 0 Å². The molecule has 1 aliphatic heterocycles. The van der Waals surface area contributed by atoms with Crippen LogP contribution in [0.15, 0.2) is 18.2 Å². The smallest absolute Gasteiger partial charge is 0.123 e. The van der Waals surface area contributed by atoms with E-state index in [4.69, 9.17) is 4.74 Å². The van der Waals surface area contributed by atoms with Gasteiger partial charge >= 0.3 is 0 Å². The van der Waals surface area contributed by atoms with Crippen LogP contribution in [0.25, 0.3) is 0 Å². The third-order valence-corrected chi connectivity index (χ3v) is 2.31. The predicted molar refractivity (Wildman–Crippen MR) is 44.9 cm³/mol. The molecule has 0 amide bonds. The first kappa shape index (κ1) is 7.59. The summed E-state index contributed by atoms with van der Waals surface area (Å²) < 4.78 is 18.2. The van der Waals surface area contributed by atoms with Crippen molar-refractivity contribution in [1.82, 2.24) is 0 Å². The van der Waals surface area contributed by atoms with E-state index in [2.05, 4.69) is 6.92 Å². The topological polar surface area (TPSA) is 9.23 Å². The summed E-state index contributed by atoms with van der Waals surface area (Å²) in [5.74, 6) is 1.09. The van der Waals surface area contributed by atoms with Crippen LogP contribution >= 0.6 is 0 Å². The number of benzene rings is 1. The van der Waals surface area contributed by atoms with Gasteiger partial charge in [-0.2, -0.15) is 0 Å². The van der Waals surface area contributed by atoms with Crippen LogP contribution in [0, 0.1) is 5.82 Å². The van der Waals surface area contributed by atoms with Gasteiger partial charge in [-0.3, -0.25) is 0 Å². The molecule has 2 rings (SSSR count). The van der Waals surface area contributed by atoms with Crippen molar-refractivity contribution in [1.29, 1.82) is 0 Å². The molecule has 1 aromatic carbocycles. The zero-order chi connectivity index (χ0) is 8.55. The minimum absolute atomic E-state index is 0.175. The fourth-order valence-electron chi connectivity index (χ4n) is 1.54. The number of hydrogen-bond acceptors (Lipinski definition) is 1. The van der Waals surface area contributed by atoms with Gasteiger partial charge in [0.25, 0.3) is 0 Å². The lowest BCUT2D eigenvalue weighted by Crippen LogP contribution is -2.11. The van der Waals surface area contributed by atoms with Crippen molar-refractivity contribution in [2.75, 3.05) is 6.61 Å². The zero-order valence-electron chi connectivity index (χ0n) is 7.01. The Morgan fingerprint density at radius 3 is 3.17 bits per heavy atom. The molecule has 64 valence electrons. The molecule has 0 aliphatic carbocycles. The molecule has 1 atom stereocenters. The summed E-state index contributed by atoms with van der Waals surface area (Å²) in [6.45, 7) is 2.85. The minimum atomic E-state index is -0.175. The summed E-state index contributed by atoms with van der Waals surface area (Å²) in [5, 5.41) is 0. The lowest BCUT2D eigenvalue weighted by molar-refractivity contribution is 0.271. The monoisotopic (exact) mass is 166 g/mol. The molecule has 2 heteroatoms. The molecule has 1 nitrogen and oxygen atoms in total. The van der Waals surface area contributed by atoms with Crippen molar-refractivity contribution in [3.8, 4) is 5.75 Å². The van der Waals surface area contributed by atoms with Gasteiger partial charge in [0.15, 0.2) is 0 Å². The lowest BCUT2D eigenvalue weighted by atomic mass is 9.95. The second-order valence-corrected chi connectivity index (χ2v) is 3.22. The molecule has 1 aromatic rings. The molecule has 0 saturated carbocycles. The van der Waals surface area contributed by atoms with Gasteiger partial charge in [0.2, 0.25) is 0 Å². The SMILES string of the molecule is C[C@H]1CCOc2ccc(F)cc21. The van der Waals surface area contributed by atoms with Crippen LogP contribution < -0.4 is 4.74 Å². The second kappa shape index (κ2) is 2.77. The number of ether oxygens (including phenoxy) is 1. The van der Waals surface area contributed by atoms with Gasteiger partial charge in [-0.1, -0.05) is 6.92 Å². The maximum atomic E-state index is 12.8. The molecule has 0 fully saturated rings. The van der Waals surface area contributed by atoms with Crippen LogP contribution in [-0.2, 0) is 0 Å². The molecule has 12 heavy (non-hydrogen) atoms. The Morgan fingerprint density at radius 1 is 1.50 bits per heavy atom. The first-order valence-corrected chi connectivity index (χ1v) is 4.19. The molecule has 0 radical (unpaired) electrons. The standard InChI is InChI=1S/C10H11FO/c1-7-4-5-12-10-3-2-8(11)6-9(7)10/h2-3,6-7H,4-5H2,1H3/t7-/m0/s1. The van der Waals surface area contributed by atoms with Gasteiger partial charge in [0.05, 0.1) is 6.61 Å². The normalized spacial score (nSPS) is 21.3. The third-order valence-electron chi connectivity index (χ3n) is 2.31. The summed E-state index contributed by atoms with van der Waals surface area (Å²) in [7, 11) is 0. The van der Waals surface area contributed by atoms with Crippen LogP contribution in [0.2, 0.25) is 0 Å². The van der Waals surface area contributed by atoms with Crippen LogP contribution in [0.1, 0.15) is 24.8 Å². The zero-order valence-corrected chi connectivity index (χ0v) is 7.01. The average Bonchev–Trinajstić information content (AvgIpc) is 2.07. The summed E-state index contributed by atoms with van der Waals surface area (Å²) >= 11 is 0. The number of hydrogen-bond donors (Lipinski definition) is 0. The molecule has 0 saturated heterocycles. The Hall–Kier alpha value is -1.05. The van der Waals surface area contributed by atoms with E-state index in [-0.39, 0.29) is 5.82 Å². The van der Waals surface area contributed by atoms with Crippen molar-refractivity contribution < 1.29 is 9.13 Å². The van der Waals surface area contributed by atoms with Gasteiger partial charge in [0, 0.05) is 0 Å². The van der Waals surface area contributed by atoms with Gasteiger partial charge in [-0.25, -0.2) is 4.39 Å². The molecule has 0 N–H and O–H groups in total. The van der Waals surface area contributed by atoms with E-state index in [1.807, 2.05) is 0 Å². The molecule has 1 aliphatic rings. The van der Waals surface area contributed by atoms with Crippen LogP contribution in [-0.4, -0.2) is 6.61 Å². The van der Waals surface area contributed by atoms with E-state index >= 15 is 0 Å². The van der Waals surface area contributed by atoms with Gasteiger partial charge in [-0.15, -0.1) is 0 Å². The van der Waals surface area contributed by atoms with Crippen molar-refractivity contribution in [3.63, 3.8) is 0 Å². The van der Waals surface area contributed by atoms with Crippen LogP contribution in [0.3, 0.4) is 0 Å². The van der Waals surface area contributed by atoms with E-state index < -0.39 is 0 Å². The Labute approximate surface area is 71.2 Å². The fraction of sp³-hybridized carbons (Fsp3) is 0.400. The molecule has 0 spiro atoms. The van der Waals surface area contributed by atoms with Crippen molar-refractivity contribution in [2.45, 2.75) is 19.3 Å². The highest BCUT2D eigenvalue weighted by atomic mass is 19.1. The first-order chi connectivity index (χ1) is 5.77. The van der Waals surface area contributed by atoms with E-state index in [1.54, 1.807) is 12.1 Å². The summed E-state index contributed by atoms with van der Waals surface area (Å²) in [6.07, 6.45) is 0.983. The van der Waals surface area contributed by atoms with Crippen LogP contribution in [0.4, 0.5) is 4.39 Å². The molecule has 1 heterocycles. The second-order valence-electron chi connectivity index (χ2n) is 3.22. The van der Waals surface area contributed by atoms with Crippen molar-refractivity contribution in [2.24, 2.45) is 0 Å². The van der Waals surface area contributed by atoms with Gasteiger partial charge in [0.1, 0.15) is 11.6 Å². The molecule has 0 unspecified atom stereocenters. The van der Waals surface area contributed by atoms with Gasteiger partial charge in [-0.05, 0) is 36.1 Å². The summed E-state index contributed by atoms with van der Waals surface area (Å²) in [6, 6.07) is 4.72. The van der Waals surface area contributed by atoms with E-state index in [0.717, 1.165) is 24.3 Å². The molecular weight excluding hydrogens is 155 g/mol. The average molecular weight is 166 g/mol. The fourth-order valence-corrected chi connectivity index (χ4v) is 1.54. The summed E-state index contributed by atoms with van der Waals surface area (Å²) in [5.41, 5.74) is 1.00. The highest BCUT2D eigenvalue weighted by molar-refractivity contribution is 5.37. The number of fused-ring (bicyclic) bond motifs is 1. The quantitative estimate of drug-likeness (QED) is 0.575. The third kappa shape index (κ3) is 1.17. The molecular formula is C10H11FO. The Morgan fingerprint density at radius 2 is 2.33 bits per heavy atom. The highest BCUT2D eigenvalue weighted by Gasteiger charge is 2.17. The minimum Gasteiger partial charge on any atom is -0.493 e. The van der Waals surface area contributed by atoms with E-state index in [9.17, 15) is 4.39 Å². The van der Waals surface area contributed by atoms with E-state index in [1.165, 1.54) is 6.07 Å². The maximum Gasteiger partial charge on any atom is 0.123 e. The Balaban J connectivity index is 2.47. The first-order valence-electron chi connectivity index (χ1n) is 4.19. The van der Waals surface area contributed by atoms with Gasteiger partial charge < -0.3 is 4.74 Å². The Kier molecular flexibility index (Phi) is 1.75. The van der Waals surface area contributed by atoms with E-state index in [0.29, 0.717) is 5.92 Å². The number of rotatable bonds is 0. The Bertz CT molecular complexity index is 296. The summed E-state index contributed by atoms with van der Waals surface area (Å²) in [4.78, 5) is 0. The predicted octanol–water partition coefficient (Wildman–Crippen LogP) is 2.71. The number of halogens is 1. The molecule has 0 aromatic heterocycles. The highest BCUT2D eigenvalue weighted by Crippen LogP contribution is 2.33. The largest absolute Gasteiger partial charge is 0.493 e. The lowest BCUT2D eigenvalue weighted by Gasteiger charge is -2.22.